The number of nitrogens with zero attached hydrogens (tertiary/aromatic N) is 5. The van der Waals surface area contributed by atoms with Gasteiger partial charge in [-0.1, -0.05) is 217 Å². The maximum atomic E-state index is 13.0. The highest BCUT2D eigenvalue weighted by atomic mass is 32.1. The average Bonchev–Trinajstić information content (AvgIpc) is 1.16. The number of thiophene rings is 1. The third-order valence-corrected chi connectivity index (χ3v) is 21.4. The van der Waals surface area contributed by atoms with Crippen LogP contribution in [0.3, 0.4) is 0 Å². The molecule has 19 aromatic rings. The van der Waals surface area contributed by atoms with Crippen LogP contribution in [0.5, 0.6) is 0 Å². The molecule has 5 nitrogen and oxygen atoms in total. The van der Waals surface area contributed by atoms with Gasteiger partial charge in [0.25, 0.3) is 0 Å². The predicted octanol–water partition coefficient (Wildman–Crippen LogP) is 25.2. The fraction of sp³-hybridized carbons (Fsp3) is 0.0323. The van der Waals surface area contributed by atoms with E-state index in [0.29, 0.717) is 5.56 Å². The number of rotatable bonds is 10. The van der Waals surface area contributed by atoms with Crippen LogP contribution in [0.25, 0.3) is 181 Å². The molecule has 0 bridgehead atoms. The Morgan fingerprint density at radius 3 is 1.18 bits per heavy atom. The monoisotopic (exact) mass is 1280 g/mol. The van der Waals surface area contributed by atoms with Crippen LogP contribution in [-0.4, -0.2) is 18.7 Å². The van der Waals surface area contributed by atoms with E-state index in [9.17, 15) is 5.26 Å². The van der Waals surface area contributed by atoms with Crippen LogP contribution >= 0.6 is 11.3 Å². The molecule has 5 heterocycles. The largest absolute Gasteiger partial charge is 0.309 e. The summed E-state index contributed by atoms with van der Waals surface area (Å²) in [5.74, 6) is 0. The SMILES string of the molecule is Cc1ccc2c(c1)c1ccccc1n2-c1ccc(-c2c(C#N)c(-c3ccc(-c4ccccc4)nc3-c3ccccc3)c(-c3ccc(-n4c5ccccc5c5cc(C)ccc54)cc3)c(-c3ccc(-n4c5ccccc5c5cc(C)ccc54)cc3)c2-c2cccc3sc4ccccc4c23)cc1. The van der Waals surface area contributed by atoms with Gasteiger partial charge in [0.05, 0.1) is 50.1 Å². The molecule has 0 saturated heterocycles. The first-order valence-electron chi connectivity index (χ1n) is 33.8. The van der Waals surface area contributed by atoms with Crippen LogP contribution in [0.2, 0.25) is 0 Å². The molecular formula is C93H61N5S. The first kappa shape index (κ1) is 57.8. The molecule has 0 aliphatic heterocycles. The minimum atomic E-state index is 0.547. The number of nitriles is 1. The minimum Gasteiger partial charge on any atom is -0.309 e. The zero-order chi connectivity index (χ0) is 66.0. The summed E-state index contributed by atoms with van der Waals surface area (Å²) in [4.78, 5) is 5.74. The Hall–Kier alpha value is -12.7. The van der Waals surface area contributed by atoms with Gasteiger partial charge in [0.15, 0.2) is 0 Å². The van der Waals surface area contributed by atoms with Crippen LogP contribution in [0.15, 0.2) is 315 Å². The van der Waals surface area contributed by atoms with E-state index in [-0.39, 0.29) is 0 Å². The number of hydrogen-bond donors (Lipinski definition) is 0. The molecule has 0 aliphatic rings. The molecule has 6 heteroatoms. The van der Waals surface area contributed by atoms with Gasteiger partial charge in [-0.05, 0) is 175 Å². The summed E-state index contributed by atoms with van der Waals surface area (Å²) in [6.45, 7) is 6.50. The zero-order valence-corrected chi connectivity index (χ0v) is 55.5. The lowest BCUT2D eigenvalue weighted by Gasteiger charge is -2.28. The lowest BCUT2D eigenvalue weighted by atomic mass is 9.75. The van der Waals surface area contributed by atoms with Gasteiger partial charge >= 0.3 is 0 Å². The van der Waals surface area contributed by atoms with Gasteiger partial charge in [0.2, 0.25) is 0 Å². The van der Waals surface area contributed by atoms with Gasteiger partial charge in [-0.25, -0.2) is 4.98 Å². The zero-order valence-electron chi connectivity index (χ0n) is 54.7. The van der Waals surface area contributed by atoms with Crippen LogP contribution < -0.4 is 0 Å². The van der Waals surface area contributed by atoms with E-state index < -0.39 is 0 Å². The molecule has 0 spiro atoms. The van der Waals surface area contributed by atoms with Gasteiger partial charge in [-0.15, -0.1) is 11.3 Å². The summed E-state index contributed by atoms with van der Waals surface area (Å²) in [6.07, 6.45) is 0. The number of fused-ring (bicyclic) bond motifs is 12. The second-order valence-corrected chi connectivity index (χ2v) is 27.3. The molecule has 5 aromatic heterocycles. The fourth-order valence-corrected chi connectivity index (χ4v) is 17.1. The highest BCUT2D eigenvalue weighted by Gasteiger charge is 2.32. The van der Waals surface area contributed by atoms with Crippen LogP contribution in [0.1, 0.15) is 22.3 Å². The topological polar surface area (TPSA) is 51.5 Å². The molecular weight excluding hydrogens is 1220 g/mol. The fourth-order valence-electron chi connectivity index (χ4n) is 15.9. The molecule has 0 aliphatic carbocycles. The van der Waals surface area contributed by atoms with E-state index in [1.165, 1.54) is 63.8 Å². The van der Waals surface area contributed by atoms with Crippen molar-refractivity contribution < 1.29 is 0 Å². The maximum absolute atomic E-state index is 13.0. The number of aromatic nitrogens is 4. The van der Waals surface area contributed by atoms with E-state index in [1.807, 2.05) is 17.4 Å². The normalized spacial score (nSPS) is 11.8. The van der Waals surface area contributed by atoms with Crippen molar-refractivity contribution in [3.63, 3.8) is 0 Å². The molecule has 14 aromatic carbocycles. The first-order chi connectivity index (χ1) is 48.8. The highest BCUT2D eigenvalue weighted by Crippen LogP contribution is 2.56. The average molecular weight is 1280 g/mol. The quantitative estimate of drug-likeness (QED) is 0.137. The minimum absolute atomic E-state index is 0.547. The lowest BCUT2D eigenvalue weighted by Crippen LogP contribution is -2.05. The number of pyridine rings is 1. The van der Waals surface area contributed by atoms with Crippen molar-refractivity contribution in [2.45, 2.75) is 20.8 Å². The van der Waals surface area contributed by atoms with Gasteiger partial charge in [0, 0.05) is 97.4 Å². The lowest BCUT2D eigenvalue weighted by molar-refractivity contribution is 1.18. The van der Waals surface area contributed by atoms with E-state index >= 15 is 0 Å². The number of benzene rings is 14. The van der Waals surface area contributed by atoms with Crippen LogP contribution in [-0.2, 0) is 0 Å². The van der Waals surface area contributed by atoms with Gasteiger partial charge in [0.1, 0.15) is 6.07 Å². The number of aryl methyl sites for hydroxylation is 3. The third kappa shape index (κ3) is 9.24. The van der Waals surface area contributed by atoms with Gasteiger partial charge < -0.3 is 13.7 Å². The van der Waals surface area contributed by atoms with Gasteiger partial charge in [-0.2, -0.15) is 5.26 Å². The molecule has 0 amide bonds. The third-order valence-electron chi connectivity index (χ3n) is 20.3. The molecule has 0 atom stereocenters. The Balaban J connectivity index is 0.973. The van der Waals surface area contributed by atoms with Crippen LogP contribution in [0.4, 0.5) is 0 Å². The van der Waals surface area contributed by atoms with Crippen molar-refractivity contribution >= 4 is 96.9 Å². The molecule has 0 N–H and O–H groups in total. The molecule has 0 fully saturated rings. The van der Waals surface area contributed by atoms with E-state index in [0.717, 1.165) is 134 Å². The number of hydrogen-bond acceptors (Lipinski definition) is 3. The van der Waals surface area contributed by atoms with Gasteiger partial charge in [-0.3, -0.25) is 0 Å². The van der Waals surface area contributed by atoms with E-state index in [2.05, 4.69) is 350 Å². The Labute approximate surface area is 576 Å². The van der Waals surface area contributed by atoms with E-state index in [1.54, 1.807) is 0 Å². The maximum Gasteiger partial charge on any atom is 0.100 e. The Kier molecular flexibility index (Phi) is 13.4. The van der Waals surface area contributed by atoms with Crippen molar-refractivity contribution in [3.05, 3.63) is 338 Å². The molecule has 19 rings (SSSR count). The summed E-state index contributed by atoms with van der Waals surface area (Å²) in [7, 11) is 0. The second-order valence-electron chi connectivity index (χ2n) is 26.2. The first-order valence-corrected chi connectivity index (χ1v) is 34.6. The molecule has 0 saturated carbocycles. The molecule has 99 heavy (non-hydrogen) atoms. The van der Waals surface area contributed by atoms with Crippen molar-refractivity contribution in [3.8, 4) is 101 Å². The Morgan fingerprint density at radius 2 is 0.697 bits per heavy atom. The van der Waals surface area contributed by atoms with E-state index in [4.69, 9.17) is 4.98 Å². The van der Waals surface area contributed by atoms with Crippen molar-refractivity contribution in [2.24, 2.45) is 0 Å². The van der Waals surface area contributed by atoms with Crippen molar-refractivity contribution in [1.29, 1.82) is 5.26 Å². The second kappa shape index (κ2) is 23.0. The van der Waals surface area contributed by atoms with Crippen LogP contribution in [0, 0.1) is 32.1 Å². The highest BCUT2D eigenvalue weighted by molar-refractivity contribution is 7.26. The van der Waals surface area contributed by atoms with Crippen molar-refractivity contribution in [1.82, 2.24) is 18.7 Å². The summed E-state index contributed by atoms with van der Waals surface area (Å²) in [5.41, 5.74) is 27.0. The number of para-hydroxylation sites is 3. The smallest absolute Gasteiger partial charge is 0.100 e. The summed E-state index contributed by atoms with van der Waals surface area (Å²) in [6, 6.07) is 118. The Bertz CT molecular complexity index is 6540. The predicted molar refractivity (Wildman–Crippen MR) is 417 cm³/mol. The summed E-state index contributed by atoms with van der Waals surface area (Å²) >= 11 is 1.81. The summed E-state index contributed by atoms with van der Waals surface area (Å²) < 4.78 is 9.55. The molecule has 0 unspecified atom stereocenters. The molecule has 0 radical (unpaired) electrons. The van der Waals surface area contributed by atoms with Crippen molar-refractivity contribution in [2.75, 3.05) is 0 Å². The summed E-state index contributed by atoms with van der Waals surface area (Å²) in [5, 5.41) is 22.5. The Morgan fingerprint density at radius 1 is 0.293 bits per heavy atom. The standard InChI is InChI=1S/C93H61N5S/c1-57-33-50-82-74(53-57)68-23-10-14-28-79(68)96(82)65-42-36-61(37-43-65)87-77(56-94)91(73-48-49-78(60-19-6-4-7-20-60)95-93(73)64-21-8-5-9-22-64)88(62-38-44-66(45-39-62)97-80-29-15-11-24-69(80)75-54-58(2)34-51-83(75)97)89(92(87)72-27-18-32-86-90(72)71-26-13-17-31-85(71)99-86)63-40-46-67(47-41-63)98-81-30-16-12-25-70(81)76-55-59(3)35-52-84(76)98/h4-55H,1-3H3. The molecule has 464 valence electrons.